The second-order valence-corrected chi connectivity index (χ2v) is 23.2. The van der Waals surface area contributed by atoms with Gasteiger partial charge in [0.2, 0.25) is 0 Å². The van der Waals surface area contributed by atoms with Crippen molar-refractivity contribution in [3.8, 4) is 0 Å². The SMILES string of the molecule is CC[Si](Cl)(CC)c1ccc([B-](c2cc(C(F)(F)F)cc(C(F)(F)F)c2)(c2cc(C(F)(F)F)cc(C(F)(F)F)c2)c2cc(C(F)(F)F)cc(C(F)(F)F)c2)cc1.c1ccc([C+](c2ccccc2)c2ccccc2)cc1. The van der Waals surface area contributed by atoms with Crippen LogP contribution in [0.1, 0.15) is 63.9 Å². The summed E-state index contributed by atoms with van der Waals surface area (Å²) in [7, 11) is -3.01. The number of rotatable bonds is 10. The van der Waals surface area contributed by atoms with E-state index in [2.05, 4.69) is 91.0 Å². The van der Waals surface area contributed by atoms with Gasteiger partial charge < -0.3 is 0 Å². The molecule has 0 saturated heterocycles. The zero-order chi connectivity index (χ0) is 54.9. The van der Waals surface area contributed by atoms with Crippen molar-refractivity contribution in [1.29, 1.82) is 0 Å². The Kier molecular flexibility index (Phi) is 16.3. The average molecular weight is 1090 g/mol. The molecule has 0 aliphatic carbocycles. The van der Waals surface area contributed by atoms with Crippen LogP contribution in [-0.2, 0) is 37.1 Å². The molecule has 0 radical (unpaired) electrons. The third-order valence-corrected chi connectivity index (χ3v) is 18.4. The first-order valence-corrected chi connectivity index (χ1v) is 25.5. The van der Waals surface area contributed by atoms with E-state index in [1.165, 1.54) is 22.6 Å². The Balaban J connectivity index is 0.000000388. The summed E-state index contributed by atoms with van der Waals surface area (Å²) in [4.78, 5) is 0. The topological polar surface area (TPSA) is 0 Å². The van der Waals surface area contributed by atoms with E-state index >= 15 is 0 Å². The molecule has 7 rings (SSSR count). The number of alkyl halides is 18. The first kappa shape index (κ1) is 57.0. The summed E-state index contributed by atoms with van der Waals surface area (Å²) >= 11 is 6.77. The Bertz CT molecular complexity index is 2620. The molecular formula is C53H38BClF18Si. The summed E-state index contributed by atoms with van der Waals surface area (Å²) in [5.74, 6) is 1.28. The number of benzene rings is 7. The maximum Gasteiger partial charge on any atom is 0.416 e. The first-order valence-electron chi connectivity index (χ1n) is 22.1. The van der Waals surface area contributed by atoms with Gasteiger partial charge in [0.25, 0.3) is 0 Å². The molecule has 21 heteroatoms. The minimum absolute atomic E-state index is 0.164. The normalized spacial score (nSPS) is 13.0. The Morgan fingerprint density at radius 2 is 0.568 bits per heavy atom. The molecule has 0 N–H and O–H groups in total. The van der Waals surface area contributed by atoms with E-state index in [0.29, 0.717) is 0 Å². The van der Waals surface area contributed by atoms with Gasteiger partial charge in [-0.05, 0) is 108 Å². The van der Waals surface area contributed by atoms with E-state index in [-0.39, 0.29) is 53.7 Å². The maximum atomic E-state index is 14.3. The predicted molar refractivity (Wildman–Crippen MR) is 252 cm³/mol. The summed E-state index contributed by atoms with van der Waals surface area (Å²) < 4.78 is 258. The molecule has 0 atom stereocenters. The third-order valence-electron chi connectivity index (χ3n) is 12.6. The summed E-state index contributed by atoms with van der Waals surface area (Å²) in [5, 5.41) is 0.257. The second-order valence-electron chi connectivity index (χ2n) is 17.2. The van der Waals surface area contributed by atoms with E-state index in [0.717, 1.165) is 24.3 Å². The van der Waals surface area contributed by atoms with Crippen LogP contribution >= 0.6 is 11.1 Å². The highest BCUT2D eigenvalue weighted by Gasteiger charge is 2.45. The summed E-state index contributed by atoms with van der Waals surface area (Å²) in [6.45, 7) is 3.27. The van der Waals surface area contributed by atoms with Crippen molar-refractivity contribution in [1.82, 2.24) is 0 Å². The van der Waals surface area contributed by atoms with E-state index in [1.807, 2.05) is 0 Å². The van der Waals surface area contributed by atoms with Gasteiger partial charge in [-0.1, -0.05) is 92.7 Å². The van der Waals surface area contributed by atoms with Gasteiger partial charge in [-0.15, -0.1) is 0 Å². The highest BCUT2D eigenvalue weighted by atomic mass is 35.6. The molecule has 0 aliphatic rings. The highest BCUT2D eigenvalue weighted by Crippen LogP contribution is 2.40. The van der Waals surface area contributed by atoms with E-state index < -0.39 is 124 Å². The van der Waals surface area contributed by atoms with Gasteiger partial charge in [0.05, 0.1) is 56.0 Å². The minimum atomic E-state index is -5.76. The van der Waals surface area contributed by atoms with Gasteiger partial charge in [0.15, 0.2) is 7.38 Å². The van der Waals surface area contributed by atoms with E-state index in [1.54, 1.807) is 13.8 Å². The Hall–Kier alpha value is -6.28. The number of hydrogen-bond acceptors (Lipinski definition) is 0. The van der Waals surface area contributed by atoms with Crippen molar-refractivity contribution in [2.45, 2.75) is 63.0 Å². The molecule has 7 aromatic rings. The molecule has 0 spiro atoms. The van der Waals surface area contributed by atoms with Crippen LogP contribution in [0.25, 0.3) is 0 Å². The predicted octanol–water partition coefficient (Wildman–Crippen LogP) is 15.3. The van der Waals surface area contributed by atoms with Crippen LogP contribution in [0.15, 0.2) is 170 Å². The molecule has 74 heavy (non-hydrogen) atoms. The molecule has 0 fully saturated rings. The smallest absolute Gasteiger partial charge is 0.195 e. The zero-order valence-corrected chi connectivity index (χ0v) is 40.1. The van der Waals surface area contributed by atoms with Crippen molar-refractivity contribution in [2.75, 3.05) is 0 Å². The molecule has 0 aromatic heterocycles. The van der Waals surface area contributed by atoms with Gasteiger partial charge in [-0.2, -0.15) is 112 Å². The molecule has 390 valence electrons. The first-order chi connectivity index (χ1) is 34.2. The van der Waals surface area contributed by atoms with Crippen LogP contribution in [0, 0.1) is 5.92 Å². The van der Waals surface area contributed by atoms with Gasteiger partial charge in [-0.25, -0.2) is 0 Å². The molecule has 0 heterocycles. The summed E-state index contributed by atoms with van der Waals surface area (Å²) in [6, 6.07) is 33.5. The molecule has 0 unspecified atom stereocenters. The lowest BCUT2D eigenvalue weighted by Crippen LogP contribution is -2.75. The van der Waals surface area contributed by atoms with Crippen molar-refractivity contribution < 1.29 is 79.0 Å². The average Bonchev–Trinajstić information content (AvgIpc) is 3.33. The highest BCUT2D eigenvalue weighted by molar-refractivity contribution is 7.27. The van der Waals surface area contributed by atoms with Crippen LogP contribution in [0.5, 0.6) is 0 Å². The lowest BCUT2D eigenvalue weighted by molar-refractivity contribution is -0.144. The number of hydrogen-bond donors (Lipinski definition) is 0. The van der Waals surface area contributed by atoms with Crippen molar-refractivity contribution in [2.24, 2.45) is 0 Å². The fourth-order valence-electron chi connectivity index (χ4n) is 8.88. The van der Waals surface area contributed by atoms with Crippen LogP contribution in [0.3, 0.4) is 0 Å². The number of halogens is 19. The molecule has 0 bridgehead atoms. The Labute approximate surface area is 418 Å². The molecule has 0 nitrogen and oxygen atoms in total. The van der Waals surface area contributed by atoms with E-state index in [4.69, 9.17) is 11.1 Å². The lowest BCUT2D eigenvalue weighted by Gasteiger charge is -2.46. The van der Waals surface area contributed by atoms with Crippen LogP contribution in [-0.4, -0.2) is 13.5 Å². The maximum absolute atomic E-state index is 14.3. The largest absolute Gasteiger partial charge is 0.416 e. The quantitative estimate of drug-likeness (QED) is 0.0421. The molecule has 7 aromatic carbocycles. The van der Waals surface area contributed by atoms with Crippen molar-refractivity contribution in [3.05, 3.63) is 226 Å². The summed E-state index contributed by atoms with van der Waals surface area (Å²) in [6.07, 6.45) is -39.3. The summed E-state index contributed by atoms with van der Waals surface area (Å²) in [5.41, 5.74) is -15.0. The fourth-order valence-corrected chi connectivity index (χ4v) is 11.3. The molecule has 0 amide bonds. The third kappa shape index (κ3) is 12.6. The standard InChI is InChI=1S/C34H23BClF18Si.C19H15/c1-3-55(36,4-2)28-7-5-24(6-8-28)35(25-12-18(29(37,38)39)9-19(13-25)30(40,41)42,26-14-20(31(43,44)45)10-21(15-26)32(46,47)48)27-16-22(33(49,50)51)11-23(17-27)34(52,53)54;1-4-10-16(11-5-1)19(17-12-6-2-7-13-17)18-14-8-3-9-15-18/h5-17H,3-4H2,1-2H3;1-15H/q-1;+1. The van der Waals surface area contributed by atoms with Crippen molar-refractivity contribution >= 4 is 51.6 Å². The second kappa shape index (κ2) is 21.2. The van der Waals surface area contributed by atoms with Crippen LogP contribution < -0.4 is 27.0 Å². The van der Waals surface area contributed by atoms with E-state index in [9.17, 15) is 79.0 Å². The van der Waals surface area contributed by atoms with Gasteiger partial charge in [-0.3, -0.25) is 0 Å². The van der Waals surface area contributed by atoms with Gasteiger partial charge >= 0.3 is 37.1 Å². The monoisotopic (exact) mass is 1090 g/mol. The fraction of sp³-hybridized carbons (Fsp3) is 0.189. The van der Waals surface area contributed by atoms with Gasteiger partial charge in [0.1, 0.15) is 6.15 Å². The van der Waals surface area contributed by atoms with Crippen LogP contribution in [0.2, 0.25) is 12.1 Å². The molecule has 0 saturated carbocycles. The van der Waals surface area contributed by atoms with Crippen molar-refractivity contribution in [3.63, 3.8) is 0 Å². The van der Waals surface area contributed by atoms with Crippen LogP contribution in [0.4, 0.5) is 79.0 Å². The van der Waals surface area contributed by atoms with Gasteiger partial charge in [0, 0.05) is 0 Å². The zero-order valence-electron chi connectivity index (χ0n) is 38.3. The minimum Gasteiger partial charge on any atom is -0.195 e. The Morgan fingerprint density at radius 3 is 0.770 bits per heavy atom. The molecule has 0 aliphatic heterocycles. The molecular weight excluding hydrogens is 1050 g/mol. The lowest BCUT2D eigenvalue weighted by atomic mass is 9.12. The Morgan fingerprint density at radius 1 is 0.338 bits per heavy atom.